The summed E-state index contributed by atoms with van der Waals surface area (Å²) in [6.45, 7) is 4.02. The lowest BCUT2D eigenvalue weighted by Crippen LogP contribution is -2.21. The van der Waals surface area contributed by atoms with Gasteiger partial charge in [0.2, 0.25) is 0 Å². The van der Waals surface area contributed by atoms with Crippen molar-refractivity contribution < 1.29 is 28.3 Å². The highest BCUT2D eigenvalue weighted by atomic mass is 19.1. The number of carbonyl (C=O) groups excluding carboxylic acids is 1. The molecule has 8 nitrogen and oxygen atoms in total. The van der Waals surface area contributed by atoms with Crippen molar-refractivity contribution in [3.63, 3.8) is 0 Å². The molecule has 0 unspecified atom stereocenters. The van der Waals surface area contributed by atoms with E-state index in [0.717, 1.165) is 18.2 Å². The maximum Gasteiger partial charge on any atom is 0.272 e. The van der Waals surface area contributed by atoms with Gasteiger partial charge in [0.1, 0.15) is 11.5 Å². The van der Waals surface area contributed by atoms with Crippen LogP contribution in [0.4, 0.5) is 15.8 Å². The number of nitrogens with zero attached hydrogens (tertiary/aromatic N) is 1. The second-order valence-electron chi connectivity index (χ2n) is 5.23. The number of halogens is 1. The minimum Gasteiger partial charge on any atom is -0.494 e. The van der Waals surface area contributed by atoms with E-state index in [4.69, 9.17) is 14.2 Å². The third-order valence-corrected chi connectivity index (χ3v) is 3.32. The van der Waals surface area contributed by atoms with E-state index in [1.807, 2.05) is 13.8 Å². The zero-order valence-corrected chi connectivity index (χ0v) is 14.9. The van der Waals surface area contributed by atoms with Crippen LogP contribution in [0.15, 0.2) is 36.4 Å². The third-order valence-electron chi connectivity index (χ3n) is 3.32. The molecule has 0 fully saturated rings. The standard InChI is InChI=1S/C18H19FN2O6/c1-3-25-13-6-8-17(26-4-2)15(10-13)20-18(22)11-27-16-7-5-12(21(23)24)9-14(16)19/h5-10H,3-4,11H2,1-2H3,(H,20,22). The summed E-state index contributed by atoms with van der Waals surface area (Å²) in [6, 6.07) is 7.91. The SMILES string of the molecule is CCOc1ccc(OCC)c(NC(=O)COc2ccc([N+](=O)[O-])cc2F)c1. The molecule has 0 radical (unpaired) electrons. The number of ether oxygens (including phenoxy) is 3. The van der Waals surface area contributed by atoms with Crippen LogP contribution < -0.4 is 19.5 Å². The Bertz CT molecular complexity index is 827. The summed E-state index contributed by atoms with van der Waals surface area (Å²) in [5.41, 5.74) is -0.0148. The number of amides is 1. The van der Waals surface area contributed by atoms with Gasteiger partial charge in [-0.05, 0) is 32.0 Å². The number of nitrogens with one attached hydrogen (secondary N) is 1. The van der Waals surface area contributed by atoms with Gasteiger partial charge in [0, 0.05) is 12.1 Å². The molecule has 0 aliphatic heterocycles. The van der Waals surface area contributed by atoms with E-state index in [9.17, 15) is 19.3 Å². The van der Waals surface area contributed by atoms with Gasteiger partial charge in [0.25, 0.3) is 11.6 Å². The first-order valence-electron chi connectivity index (χ1n) is 8.20. The molecule has 0 spiro atoms. The van der Waals surface area contributed by atoms with E-state index in [2.05, 4.69) is 5.32 Å². The van der Waals surface area contributed by atoms with Gasteiger partial charge in [-0.3, -0.25) is 14.9 Å². The van der Waals surface area contributed by atoms with Crippen molar-refractivity contribution in [3.05, 3.63) is 52.3 Å². The molecule has 0 aliphatic carbocycles. The van der Waals surface area contributed by atoms with Gasteiger partial charge in [-0.2, -0.15) is 0 Å². The maximum absolute atomic E-state index is 13.8. The number of anilines is 1. The number of hydrogen-bond acceptors (Lipinski definition) is 6. The first-order valence-corrected chi connectivity index (χ1v) is 8.20. The molecule has 0 bridgehead atoms. The Kier molecular flexibility index (Phi) is 6.93. The van der Waals surface area contributed by atoms with Crippen LogP contribution in [0.25, 0.3) is 0 Å². The molecule has 144 valence electrons. The first-order chi connectivity index (χ1) is 12.9. The minimum atomic E-state index is -0.926. The highest BCUT2D eigenvalue weighted by molar-refractivity contribution is 5.93. The van der Waals surface area contributed by atoms with E-state index in [-0.39, 0.29) is 5.75 Å². The quantitative estimate of drug-likeness (QED) is 0.529. The molecule has 2 aromatic carbocycles. The summed E-state index contributed by atoms with van der Waals surface area (Å²) >= 11 is 0. The molecular weight excluding hydrogens is 359 g/mol. The van der Waals surface area contributed by atoms with Gasteiger partial charge in [0.15, 0.2) is 18.2 Å². The molecule has 2 rings (SSSR count). The van der Waals surface area contributed by atoms with E-state index in [0.29, 0.717) is 30.4 Å². The van der Waals surface area contributed by atoms with Crippen molar-refractivity contribution in [1.82, 2.24) is 0 Å². The van der Waals surface area contributed by atoms with Gasteiger partial charge >= 0.3 is 0 Å². The van der Waals surface area contributed by atoms with Gasteiger partial charge < -0.3 is 19.5 Å². The Labute approximate surface area is 155 Å². The van der Waals surface area contributed by atoms with Gasteiger partial charge in [-0.1, -0.05) is 0 Å². The largest absolute Gasteiger partial charge is 0.494 e. The number of rotatable bonds is 9. The van der Waals surface area contributed by atoms with Crippen LogP contribution in [0.2, 0.25) is 0 Å². The Morgan fingerprint density at radius 1 is 1.07 bits per heavy atom. The number of nitro benzene ring substituents is 1. The maximum atomic E-state index is 13.8. The molecule has 0 saturated heterocycles. The molecular formula is C18H19FN2O6. The van der Waals surface area contributed by atoms with Gasteiger partial charge in [0.05, 0.1) is 29.9 Å². The number of nitro groups is 1. The van der Waals surface area contributed by atoms with E-state index < -0.39 is 28.9 Å². The van der Waals surface area contributed by atoms with Crippen LogP contribution in [0.5, 0.6) is 17.2 Å². The first kappa shape index (κ1) is 20.0. The Morgan fingerprint density at radius 3 is 2.41 bits per heavy atom. The summed E-state index contributed by atoms with van der Waals surface area (Å²) in [4.78, 5) is 22.0. The van der Waals surface area contributed by atoms with Crippen LogP contribution in [-0.4, -0.2) is 30.7 Å². The Balaban J connectivity index is 2.05. The van der Waals surface area contributed by atoms with Gasteiger partial charge in [-0.15, -0.1) is 0 Å². The minimum absolute atomic E-state index is 0.260. The fourth-order valence-corrected chi connectivity index (χ4v) is 2.19. The number of benzene rings is 2. The van der Waals surface area contributed by atoms with Gasteiger partial charge in [-0.25, -0.2) is 4.39 Å². The molecule has 2 aromatic rings. The predicted octanol–water partition coefficient (Wildman–Crippen LogP) is 3.55. The summed E-state index contributed by atoms with van der Waals surface area (Å²) in [5, 5.41) is 13.2. The summed E-state index contributed by atoms with van der Waals surface area (Å²) < 4.78 is 29.7. The molecule has 27 heavy (non-hydrogen) atoms. The highest BCUT2D eigenvalue weighted by Crippen LogP contribution is 2.29. The fourth-order valence-electron chi connectivity index (χ4n) is 2.19. The van der Waals surface area contributed by atoms with E-state index >= 15 is 0 Å². The molecule has 0 atom stereocenters. The summed E-state index contributed by atoms with van der Waals surface area (Å²) in [5.74, 6) is -0.731. The van der Waals surface area contributed by atoms with E-state index in [1.54, 1.807) is 18.2 Å². The van der Waals surface area contributed by atoms with Crippen molar-refractivity contribution >= 4 is 17.3 Å². The fraction of sp³-hybridized carbons (Fsp3) is 0.278. The lowest BCUT2D eigenvalue weighted by Gasteiger charge is -2.14. The van der Waals surface area contributed by atoms with Crippen molar-refractivity contribution in [2.24, 2.45) is 0 Å². The number of hydrogen-bond donors (Lipinski definition) is 1. The van der Waals surface area contributed by atoms with Crippen molar-refractivity contribution in [3.8, 4) is 17.2 Å². The predicted molar refractivity (Wildman–Crippen MR) is 96.0 cm³/mol. The normalized spacial score (nSPS) is 10.2. The van der Waals surface area contributed by atoms with Crippen LogP contribution in [-0.2, 0) is 4.79 Å². The molecule has 1 N–H and O–H groups in total. The van der Waals surface area contributed by atoms with Crippen molar-refractivity contribution in [1.29, 1.82) is 0 Å². The Hall–Kier alpha value is -3.36. The van der Waals surface area contributed by atoms with E-state index in [1.165, 1.54) is 0 Å². The van der Waals surface area contributed by atoms with Crippen LogP contribution in [0, 0.1) is 15.9 Å². The van der Waals surface area contributed by atoms with Crippen LogP contribution >= 0.6 is 0 Å². The smallest absolute Gasteiger partial charge is 0.272 e. The monoisotopic (exact) mass is 378 g/mol. The second-order valence-corrected chi connectivity index (χ2v) is 5.23. The topological polar surface area (TPSA) is 99.9 Å². The second kappa shape index (κ2) is 9.37. The van der Waals surface area contributed by atoms with Crippen molar-refractivity contribution in [2.45, 2.75) is 13.8 Å². The molecule has 1 amide bonds. The molecule has 0 saturated carbocycles. The number of carbonyl (C=O) groups is 1. The van der Waals surface area contributed by atoms with Crippen LogP contribution in [0.1, 0.15) is 13.8 Å². The molecule has 0 heterocycles. The highest BCUT2D eigenvalue weighted by Gasteiger charge is 2.14. The Morgan fingerprint density at radius 2 is 1.78 bits per heavy atom. The molecule has 0 aliphatic rings. The molecule has 9 heteroatoms. The average Bonchev–Trinajstić information content (AvgIpc) is 2.63. The number of non-ortho nitro benzene ring substituents is 1. The lowest BCUT2D eigenvalue weighted by molar-refractivity contribution is -0.385. The third kappa shape index (κ3) is 5.56. The van der Waals surface area contributed by atoms with Crippen LogP contribution in [0.3, 0.4) is 0 Å². The van der Waals surface area contributed by atoms with Crippen molar-refractivity contribution in [2.75, 3.05) is 25.1 Å². The molecule has 0 aromatic heterocycles. The summed E-state index contributed by atoms with van der Waals surface area (Å²) in [6.07, 6.45) is 0. The zero-order valence-electron chi connectivity index (χ0n) is 14.9. The average molecular weight is 378 g/mol. The summed E-state index contributed by atoms with van der Waals surface area (Å²) in [7, 11) is 0. The zero-order chi connectivity index (χ0) is 19.8. The lowest BCUT2D eigenvalue weighted by atomic mass is 10.2.